The topological polar surface area (TPSA) is 329 Å². The number of benzene rings is 2. The molecule has 7 N–H and O–H groups in total. The lowest BCUT2D eigenvalue weighted by Crippen LogP contribution is -2.54. The Morgan fingerprint density at radius 3 is 1.87 bits per heavy atom. The number of carbonyl (C=O) groups is 6. The maximum absolute atomic E-state index is 13.2. The van der Waals surface area contributed by atoms with Crippen molar-refractivity contribution in [3.8, 4) is 0 Å². The van der Waals surface area contributed by atoms with Crippen molar-refractivity contribution in [2.45, 2.75) is 51.1 Å². The molecule has 26 nitrogen and oxygen atoms in total. The van der Waals surface area contributed by atoms with Gasteiger partial charge >= 0.3 is 0 Å². The molecule has 1 unspecified atom stereocenters. The van der Waals surface area contributed by atoms with Crippen LogP contribution in [-0.4, -0.2) is 213 Å². The number of ether oxygens (including phenoxy) is 8. The van der Waals surface area contributed by atoms with Crippen molar-refractivity contribution < 1.29 is 75.1 Å². The van der Waals surface area contributed by atoms with Crippen molar-refractivity contribution in [3.63, 3.8) is 0 Å². The largest absolute Gasteiger partial charge is 0.382 e. The number of aryl methyl sites for hydroxylation is 1. The lowest BCUT2D eigenvalue weighted by molar-refractivity contribution is -0.136. The van der Waals surface area contributed by atoms with E-state index in [-0.39, 0.29) is 67.8 Å². The molecule has 0 bridgehead atoms. The van der Waals surface area contributed by atoms with Crippen LogP contribution in [0.2, 0.25) is 0 Å². The van der Waals surface area contributed by atoms with Gasteiger partial charge in [0.25, 0.3) is 17.7 Å². The van der Waals surface area contributed by atoms with Crippen LogP contribution in [-0.2, 0) is 62.3 Å². The van der Waals surface area contributed by atoms with Gasteiger partial charge in [-0.2, -0.15) is 4.98 Å². The minimum atomic E-state index is -3.60. The second-order valence-corrected chi connectivity index (χ2v) is 21.1. The fraction of sp³-hybridized carbons (Fsp3) is 0.569. The molecule has 3 aliphatic rings. The third-order valence-electron chi connectivity index (χ3n) is 12.5. The summed E-state index contributed by atoms with van der Waals surface area (Å²) in [6.45, 7) is 8.51. The number of primary amides is 1. The summed E-state index contributed by atoms with van der Waals surface area (Å²) >= 11 is 3.44. The van der Waals surface area contributed by atoms with E-state index < -0.39 is 45.6 Å². The van der Waals surface area contributed by atoms with Crippen molar-refractivity contribution in [1.82, 2.24) is 29.8 Å². The van der Waals surface area contributed by atoms with Gasteiger partial charge < -0.3 is 64.9 Å². The molecular formula is C51H71BrN10O16S. The molecule has 79 heavy (non-hydrogen) atoms. The first-order valence-electron chi connectivity index (χ1n) is 26.1. The monoisotopic (exact) mass is 1190 g/mol. The lowest BCUT2D eigenvalue weighted by atomic mass is 10.0. The number of sulfonamides is 1. The van der Waals surface area contributed by atoms with E-state index in [1.54, 1.807) is 49.5 Å². The SMILES string of the molecule is Cc1cccc(Nc2nc(NC3CCN(S(=O)(=O)CCNC(=O)CCOCCOCCOCCOCCOCCOCCOCCOCCNc4cccc5c4C(=O)N(C4CCC(=O)NC4=O)C5=O)CC3)ncc2Br)c1C(N)=O. The highest BCUT2D eigenvalue weighted by molar-refractivity contribution is 9.10. The van der Waals surface area contributed by atoms with E-state index in [0.29, 0.717) is 158 Å². The number of fused-ring (bicyclic) bond motifs is 1. The number of hydrogen-bond acceptors (Lipinski definition) is 21. The number of anilines is 4. The minimum Gasteiger partial charge on any atom is -0.382 e. The van der Waals surface area contributed by atoms with Crippen LogP contribution < -0.4 is 32.3 Å². The zero-order chi connectivity index (χ0) is 56.4. The zero-order valence-electron chi connectivity index (χ0n) is 44.3. The second kappa shape index (κ2) is 33.1. The van der Waals surface area contributed by atoms with Gasteiger partial charge in [-0.05, 0) is 65.9 Å². The number of imide groups is 2. The molecule has 0 aliphatic carbocycles. The number of nitrogens with zero attached hydrogens (tertiary/aromatic N) is 4. The Bertz CT molecular complexity index is 2630. The maximum atomic E-state index is 13.2. The first kappa shape index (κ1) is 62.4. The molecule has 4 heterocycles. The summed E-state index contributed by atoms with van der Waals surface area (Å²) in [5.41, 5.74) is 8.06. The molecule has 2 aromatic carbocycles. The van der Waals surface area contributed by atoms with E-state index in [9.17, 15) is 37.2 Å². The summed E-state index contributed by atoms with van der Waals surface area (Å²) < 4.78 is 72.2. The van der Waals surface area contributed by atoms with Gasteiger partial charge in [0, 0.05) is 56.9 Å². The Hall–Kier alpha value is -5.79. The molecule has 6 amide bonds. The number of nitrogens with one attached hydrogen (secondary N) is 5. The number of aromatic nitrogens is 2. The van der Waals surface area contributed by atoms with Gasteiger partial charge in [0.1, 0.15) is 11.9 Å². The van der Waals surface area contributed by atoms with Crippen molar-refractivity contribution >= 4 is 84.5 Å². The van der Waals surface area contributed by atoms with Crippen LogP contribution in [0.4, 0.5) is 23.1 Å². The fourth-order valence-electron chi connectivity index (χ4n) is 8.48. The standard InChI is InChI=1S/C51H71BrN10O16S/c1-35-4-2-7-40(44(35)46(53)65)58-47-38(52)34-56-51(60-47)57-36-10-15-61(16-11-36)79(69,70)33-14-55-42(63)12-17-71-19-21-73-23-25-75-27-29-77-31-32-78-30-28-76-26-24-74-22-20-72-18-13-54-39-6-3-5-37-45(39)50(68)62(49(37)67)41-8-9-43(64)59-48(41)66/h2-7,34,36,41,54H,8-33H2,1H3,(H2,53,65)(H,55,63)(H,59,64,66)(H2,56,57,58,60). The molecular weight excluding hydrogens is 1120 g/mol. The summed E-state index contributed by atoms with van der Waals surface area (Å²) in [7, 11) is -3.60. The number of nitrogens with two attached hydrogens (primary N) is 1. The van der Waals surface area contributed by atoms with Gasteiger partial charge in [-0.15, -0.1) is 0 Å². The van der Waals surface area contributed by atoms with Crippen LogP contribution in [0.3, 0.4) is 0 Å². The van der Waals surface area contributed by atoms with Gasteiger partial charge in [-0.1, -0.05) is 18.2 Å². The summed E-state index contributed by atoms with van der Waals surface area (Å²) in [6, 6.07) is 9.12. The highest BCUT2D eigenvalue weighted by Crippen LogP contribution is 2.33. The zero-order valence-corrected chi connectivity index (χ0v) is 46.7. The molecule has 3 aliphatic heterocycles. The normalized spacial score (nSPS) is 16.0. The van der Waals surface area contributed by atoms with Crippen LogP contribution in [0.5, 0.6) is 0 Å². The first-order valence-corrected chi connectivity index (χ1v) is 28.5. The molecule has 0 radical (unpaired) electrons. The van der Waals surface area contributed by atoms with Crippen LogP contribution in [0.15, 0.2) is 47.1 Å². The van der Waals surface area contributed by atoms with Crippen molar-refractivity contribution in [1.29, 1.82) is 0 Å². The summed E-state index contributed by atoms with van der Waals surface area (Å²) in [4.78, 5) is 84.3. The molecule has 0 spiro atoms. The average molecular weight is 1190 g/mol. The van der Waals surface area contributed by atoms with E-state index in [1.807, 2.05) is 0 Å². The Kier molecular flexibility index (Phi) is 26.1. The molecule has 2 fully saturated rings. The number of carbonyl (C=O) groups excluding carboxylic acids is 6. The van der Waals surface area contributed by atoms with E-state index in [4.69, 9.17) is 43.6 Å². The van der Waals surface area contributed by atoms with Gasteiger partial charge in [-0.3, -0.25) is 39.0 Å². The van der Waals surface area contributed by atoms with Crippen molar-refractivity contribution in [2.75, 3.05) is 154 Å². The van der Waals surface area contributed by atoms with E-state index in [1.165, 1.54) is 4.31 Å². The smallest absolute Gasteiger partial charge is 0.264 e. The molecule has 1 aromatic heterocycles. The quantitative estimate of drug-likeness (QED) is 0.0352. The van der Waals surface area contributed by atoms with E-state index in [2.05, 4.69) is 52.5 Å². The molecule has 0 saturated carbocycles. The Labute approximate surface area is 467 Å². The van der Waals surface area contributed by atoms with Gasteiger partial charge in [0.2, 0.25) is 33.7 Å². The molecule has 28 heteroatoms. The Morgan fingerprint density at radius 2 is 1.29 bits per heavy atom. The van der Waals surface area contributed by atoms with Crippen LogP contribution >= 0.6 is 15.9 Å². The van der Waals surface area contributed by atoms with Gasteiger partial charge in [0.15, 0.2) is 0 Å². The average Bonchev–Trinajstić information content (AvgIpc) is 3.79. The number of halogens is 1. The van der Waals surface area contributed by atoms with Gasteiger partial charge in [-0.25, -0.2) is 17.7 Å². The summed E-state index contributed by atoms with van der Waals surface area (Å²) in [5, 5.41) is 14.4. The minimum absolute atomic E-state index is 0.0161. The Morgan fingerprint density at radius 1 is 0.734 bits per heavy atom. The van der Waals surface area contributed by atoms with E-state index >= 15 is 0 Å². The van der Waals surface area contributed by atoms with E-state index in [0.717, 1.165) is 10.5 Å². The molecule has 3 aromatic rings. The third kappa shape index (κ3) is 20.1. The highest BCUT2D eigenvalue weighted by Gasteiger charge is 2.45. The van der Waals surface area contributed by atoms with Crippen molar-refractivity contribution in [2.24, 2.45) is 5.73 Å². The second-order valence-electron chi connectivity index (χ2n) is 18.1. The summed E-state index contributed by atoms with van der Waals surface area (Å²) in [6.07, 6.45) is 2.86. The molecule has 434 valence electrons. The maximum Gasteiger partial charge on any atom is 0.264 e. The highest BCUT2D eigenvalue weighted by atomic mass is 79.9. The number of piperidine rings is 2. The number of rotatable bonds is 38. The number of hydrogen-bond donors (Lipinski definition) is 6. The third-order valence-corrected chi connectivity index (χ3v) is 14.9. The van der Waals surface area contributed by atoms with Crippen LogP contribution in [0.1, 0.15) is 68.7 Å². The predicted molar refractivity (Wildman–Crippen MR) is 290 cm³/mol. The van der Waals surface area contributed by atoms with Crippen molar-refractivity contribution in [3.05, 3.63) is 69.3 Å². The van der Waals surface area contributed by atoms with Gasteiger partial charge in [0.05, 0.1) is 138 Å². The van der Waals surface area contributed by atoms with Crippen LogP contribution in [0.25, 0.3) is 0 Å². The molecule has 1 atom stereocenters. The Balaban J connectivity index is 0.657. The lowest BCUT2D eigenvalue weighted by Gasteiger charge is -2.31. The molecule has 2 saturated heterocycles. The first-order chi connectivity index (χ1) is 38.2. The predicted octanol–water partition coefficient (Wildman–Crippen LogP) is 1.75. The summed E-state index contributed by atoms with van der Waals surface area (Å²) in [5.74, 6) is -2.54. The van der Waals surface area contributed by atoms with Crippen LogP contribution in [0, 0.1) is 6.92 Å². The molecule has 6 rings (SSSR count). The number of amides is 6. The fourth-order valence-corrected chi connectivity index (χ4v) is 10.2.